The average Bonchev–Trinajstić information content (AvgIpc) is 2.05. The highest BCUT2D eigenvalue weighted by Gasteiger charge is 2.42. The number of phosphoric ester groups is 2. The predicted molar refractivity (Wildman–Crippen MR) is 58.7 cm³/mol. The molecule has 18 heavy (non-hydrogen) atoms. The van der Waals surface area contributed by atoms with Crippen molar-refractivity contribution in [3.8, 4) is 0 Å². The van der Waals surface area contributed by atoms with Gasteiger partial charge >= 0.3 is 15.6 Å². The zero-order valence-electron chi connectivity index (χ0n) is 9.38. The fourth-order valence-corrected chi connectivity index (χ4v) is 2.21. The van der Waals surface area contributed by atoms with E-state index in [-0.39, 0.29) is 6.42 Å². The first-order chi connectivity index (χ1) is 7.97. The molecule has 0 rings (SSSR count). The smallest absolute Gasteiger partial charge is 0.343 e. The summed E-state index contributed by atoms with van der Waals surface area (Å²) in [5, 5.41) is 9.52. The first-order valence-corrected chi connectivity index (χ1v) is 7.98. The highest BCUT2D eigenvalue weighted by Crippen LogP contribution is 2.49. The van der Waals surface area contributed by atoms with Crippen molar-refractivity contribution in [2.24, 2.45) is 5.73 Å². The van der Waals surface area contributed by atoms with Crippen LogP contribution in [-0.2, 0) is 18.2 Å². The van der Waals surface area contributed by atoms with Crippen molar-refractivity contribution in [2.45, 2.75) is 31.7 Å². The lowest BCUT2D eigenvalue weighted by atomic mass is 10.2. The van der Waals surface area contributed by atoms with Gasteiger partial charge in [0.25, 0.3) is 5.97 Å². The summed E-state index contributed by atoms with van der Waals surface area (Å²) in [6.07, 6.45) is 0.659. The number of phosphoric acid groups is 2. The number of hydrogen-bond donors (Lipinski definition) is 6. The molecule has 0 aromatic carbocycles. The van der Waals surface area contributed by atoms with E-state index < -0.39 is 28.0 Å². The fraction of sp³-hybridized carbons (Fsp3) is 1.00. The van der Waals surface area contributed by atoms with Gasteiger partial charge < -0.3 is 30.4 Å². The third-order valence-corrected chi connectivity index (χ3v) is 2.77. The van der Waals surface area contributed by atoms with Gasteiger partial charge in [-0.05, 0) is 19.4 Å². The summed E-state index contributed by atoms with van der Waals surface area (Å²) in [6.45, 7) is 0.372. The van der Waals surface area contributed by atoms with Crippen LogP contribution in [0.2, 0.25) is 0 Å². The Hall–Kier alpha value is 0.140. The second-order valence-electron chi connectivity index (χ2n) is 3.48. The van der Waals surface area contributed by atoms with Crippen molar-refractivity contribution in [1.29, 1.82) is 0 Å². The molecule has 7 N–H and O–H groups in total. The first kappa shape index (κ1) is 18.1. The minimum Gasteiger partial charge on any atom is -0.343 e. The van der Waals surface area contributed by atoms with E-state index in [2.05, 4.69) is 9.05 Å². The number of nitrogens with two attached hydrogens (primary N) is 1. The summed E-state index contributed by atoms with van der Waals surface area (Å²) in [5.74, 6) is -3.05. The zero-order chi connectivity index (χ0) is 14.4. The first-order valence-electron chi connectivity index (χ1n) is 4.92. The van der Waals surface area contributed by atoms with Crippen molar-refractivity contribution in [3.63, 3.8) is 0 Å². The van der Waals surface area contributed by atoms with Crippen LogP contribution in [0.1, 0.15) is 25.7 Å². The van der Waals surface area contributed by atoms with Crippen molar-refractivity contribution >= 4 is 15.6 Å². The maximum atomic E-state index is 10.6. The van der Waals surface area contributed by atoms with E-state index in [1.54, 1.807) is 0 Å². The Kier molecular flexibility index (Phi) is 7.12. The van der Waals surface area contributed by atoms with Crippen molar-refractivity contribution < 1.29 is 42.9 Å². The van der Waals surface area contributed by atoms with E-state index in [9.17, 15) is 14.2 Å². The predicted octanol–water partition coefficient (Wildman–Crippen LogP) is -0.630. The van der Waals surface area contributed by atoms with Gasteiger partial charge in [-0.1, -0.05) is 6.42 Å². The number of hydrogen-bond acceptors (Lipinski definition) is 6. The van der Waals surface area contributed by atoms with E-state index in [1.807, 2.05) is 0 Å². The van der Waals surface area contributed by atoms with Crippen molar-refractivity contribution in [2.75, 3.05) is 6.54 Å². The quantitative estimate of drug-likeness (QED) is 0.182. The van der Waals surface area contributed by atoms with Gasteiger partial charge in [0.05, 0.1) is 0 Å². The van der Waals surface area contributed by atoms with Crippen LogP contribution in [0.5, 0.6) is 0 Å². The van der Waals surface area contributed by atoms with E-state index in [0.29, 0.717) is 19.4 Å². The third-order valence-electron chi connectivity index (χ3n) is 1.72. The molecule has 0 atom stereocenters. The van der Waals surface area contributed by atoms with Gasteiger partial charge in [-0.3, -0.25) is 0 Å². The highest BCUT2D eigenvalue weighted by molar-refractivity contribution is 7.47. The molecule has 0 unspecified atom stereocenters. The van der Waals surface area contributed by atoms with Gasteiger partial charge in [-0.25, -0.2) is 18.2 Å². The van der Waals surface area contributed by atoms with Crippen LogP contribution in [0.4, 0.5) is 0 Å². The molecule has 0 saturated carbocycles. The molecular weight excluding hydrogens is 292 g/mol. The second-order valence-corrected chi connectivity index (χ2v) is 5.80. The van der Waals surface area contributed by atoms with Crippen molar-refractivity contribution in [1.82, 2.24) is 0 Å². The normalized spacial score (nSPS) is 13.9. The van der Waals surface area contributed by atoms with Crippen molar-refractivity contribution in [3.05, 3.63) is 0 Å². The summed E-state index contributed by atoms with van der Waals surface area (Å²) < 4.78 is 28.9. The molecule has 0 saturated heterocycles. The lowest BCUT2D eigenvalue weighted by Gasteiger charge is -2.27. The Balaban J connectivity index is 4.60. The Bertz CT molecular complexity index is 312. The lowest BCUT2D eigenvalue weighted by molar-refractivity contribution is -0.289. The van der Waals surface area contributed by atoms with Crippen LogP contribution in [0.15, 0.2) is 0 Å². The van der Waals surface area contributed by atoms with Gasteiger partial charge in [0.15, 0.2) is 0 Å². The average molecular weight is 309 g/mol. The van der Waals surface area contributed by atoms with E-state index in [1.165, 1.54) is 0 Å². The molecule has 0 fully saturated rings. The summed E-state index contributed by atoms with van der Waals surface area (Å²) in [4.78, 5) is 34.1. The molecule has 12 heteroatoms. The standard InChI is InChI=1S/C6H17NO9P2/c7-5-3-1-2-4-6(8,15-17(9,10)11)16-18(12,13)14/h8H,1-5,7H2,(H2,9,10,11)(H2,12,13,14). The van der Waals surface area contributed by atoms with Gasteiger partial charge in [-0.15, -0.1) is 0 Å². The van der Waals surface area contributed by atoms with E-state index >= 15 is 0 Å². The van der Waals surface area contributed by atoms with Gasteiger partial charge in [-0.2, -0.15) is 0 Å². The molecule has 0 aliphatic carbocycles. The molecular formula is C6H17NO9P2. The van der Waals surface area contributed by atoms with Crippen LogP contribution in [0.25, 0.3) is 0 Å². The minimum atomic E-state index is -5.17. The molecule has 0 radical (unpaired) electrons. The van der Waals surface area contributed by atoms with E-state index in [0.717, 1.165) is 0 Å². The Labute approximate surface area is 103 Å². The molecule has 0 heterocycles. The molecule has 0 aromatic heterocycles. The second kappa shape index (κ2) is 7.06. The molecule has 0 amide bonds. The minimum absolute atomic E-state index is 0.147. The topological polar surface area (TPSA) is 180 Å². The molecule has 110 valence electrons. The molecule has 10 nitrogen and oxygen atoms in total. The third kappa shape index (κ3) is 10.1. The molecule has 0 aliphatic heterocycles. The van der Waals surface area contributed by atoms with Crippen LogP contribution in [0.3, 0.4) is 0 Å². The van der Waals surface area contributed by atoms with Gasteiger partial charge in [0, 0.05) is 6.42 Å². The fourth-order valence-electron chi connectivity index (χ4n) is 1.15. The largest absolute Gasteiger partial charge is 0.473 e. The number of rotatable bonds is 9. The Morgan fingerprint density at radius 1 is 0.944 bits per heavy atom. The summed E-state index contributed by atoms with van der Waals surface area (Å²) in [5.41, 5.74) is 5.21. The molecule has 0 aliphatic rings. The van der Waals surface area contributed by atoms with Crippen LogP contribution < -0.4 is 5.73 Å². The maximum Gasteiger partial charge on any atom is 0.473 e. The molecule has 0 spiro atoms. The molecule has 0 bridgehead atoms. The lowest BCUT2D eigenvalue weighted by Crippen LogP contribution is -2.33. The summed E-state index contributed by atoms with van der Waals surface area (Å²) in [6, 6.07) is 0. The van der Waals surface area contributed by atoms with Gasteiger partial charge in [0.2, 0.25) is 0 Å². The Morgan fingerprint density at radius 2 is 1.39 bits per heavy atom. The number of aliphatic hydroxyl groups is 1. The van der Waals surface area contributed by atoms with Crippen LogP contribution >= 0.6 is 15.6 Å². The zero-order valence-corrected chi connectivity index (χ0v) is 11.2. The monoisotopic (exact) mass is 309 g/mol. The Morgan fingerprint density at radius 3 is 1.72 bits per heavy atom. The van der Waals surface area contributed by atoms with Crippen LogP contribution in [-0.4, -0.2) is 37.2 Å². The summed E-state index contributed by atoms with van der Waals surface area (Å²) in [7, 11) is -10.3. The van der Waals surface area contributed by atoms with Crippen LogP contribution in [0, 0.1) is 0 Å². The summed E-state index contributed by atoms with van der Waals surface area (Å²) >= 11 is 0. The highest BCUT2D eigenvalue weighted by atomic mass is 31.2. The number of unbranched alkanes of at least 4 members (excludes halogenated alkanes) is 2. The van der Waals surface area contributed by atoms with E-state index in [4.69, 9.17) is 25.3 Å². The molecule has 0 aromatic rings. The van der Waals surface area contributed by atoms with Gasteiger partial charge in [0.1, 0.15) is 0 Å². The SMILES string of the molecule is NCCCCCC(O)(OP(=O)(O)O)OP(=O)(O)O. The maximum absolute atomic E-state index is 10.6.